The lowest BCUT2D eigenvalue weighted by molar-refractivity contribution is -0.384. The third-order valence-corrected chi connectivity index (χ3v) is 5.00. The lowest BCUT2D eigenvalue weighted by Crippen LogP contribution is -2.57. The number of amides is 1. The predicted octanol–water partition coefficient (Wildman–Crippen LogP) is 1.52. The molecule has 25 heavy (non-hydrogen) atoms. The molecule has 1 N–H and O–H groups in total. The van der Waals surface area contributed by atoms with Crippen molar-refractivity contribution in [3.63, 3.8) is 0 Å². The number of fused-ring (bicyclic) bond motifs is 1. The Morgan fingerprint density at radius 3 is 2.64 bits per heavy atom. The van der Waals surface area contributed by atoms with Crippen LogP contribution >= 0.6 is 0 Å². The van der Waals surface area contributed by atoms with Crippen LogP contribution in [0.2, 0.25) is 0 Å². The number of carbonyl (C=O) groups excluding carboxylic acids is 2. The number of aliphatic hydroxyl groups excluding tert-OH is 1. The van der Waals surface area contributed by atoms with Gasteiger partial charge < -0.3 is 14.7 Å². The van der Waals surface area contributed by atoms with Crippen molar-refractivity contribution in [2.45, 2.75) is 39.0 Å². The van der Waals surface area contributed by atoms with E-state index in [-0.39, 0.29) is 36.4 Å². The van der Waals surface area contributed by atoms with Crippen molar-refractivity contribution in [3.8, 4) is 0 Å². The molecule has 0 bridgehead atoms. The number of nitrogens with zero attached hydrogens (tertiary/aromatic N) is 2. The zero-order valence-corrected chi connectivity index (χ0v) is 13.8. The van der Waals surface area contributed by atoms with Crippen LogP contribution in [0, 0.1) is 15.5 Å². The number of benzene rings is 1. The Kier molecular flexibility index (Phi) is 4.08. The van der Waals surface area contributed by atoms with E-state index in [0.717, 1.165) is 0 Å². The Bertz CT molecular complexity index is 770. The number of carbonyl (C=O) groups is 2. The normalized spacial score (nSPS) is 25.7. The first-order chi connectivity index (χ1) is 11.7. The summed E-state index contributed by atoms with van der Waals surface area (Å²) in [5.41, 5.74) is 0.0134. The zero-order chi connectivity index (χ0) is 18.4. The summed E-state index contributed by atoms with van der Waals surface area (Å²) in [7, 11) is 0. The van der Waals surface area contributed by atoms with Gasteiger partial charge in [-0.25, -0.2) is 4.79 Å². The first-order valence-corrected chi connectivity index (χ1v) is 7.87. The highest BCUT2D eigenvalue weighted by molar-refractivity contribution is 5.98. The number of nitro groups is 1. The van der Waals surface area contributed by atoms with E-state index in [9.17, 15) is 24.8 Å². The van der Waals surface area contributed by atoms with E-state index in [2.05, 4.69) is 0 Å². The smallest absolute Gasteiger partial charge is 0.355 e. The molecule has 8 heteroatoms. The maximum Gasteiger partial charge on any atom is 0.355 e. The highest BCUT2D eigenvalue weighted by atomic mass is 16.6. The SMILES string of the molecule is C[C@@H](O)C1(C)C=C(C(=O)OCc2ccc([N+](=O)[O-])cc2)N2C(=O)C[C@H]21. The van der Waals surface area contributed by atoms with Gasteiger partial charge in [0.05, 0.1) is 17.1 Å². The summed E-state index contributed by atoms with van der Waals surface area (Å²) in [6.07, 6.45) is 1.18. The third kappa shape index (κ3) is 2.78. The molecular weight excluding hydrogens is 328 g/mol. The molecule has 3 rings (SSSR count). The van der Waals surface area contributed by atoms with Crippen LogP contribution in [0.25, 0.3) is 0 Å². The van der Waals surface area contributed by atoms with Crippen LogP contribution in [0.1, 0.15) is 25.8 Å². The van der Waals surface area contributed by atoms with Crippen LogP contribution in [0.5, 0.6) is 0 Å². The van der Waals surface area contributed by atoms with Crippen LogP contribution in [-0.2, 0) is 20.9 Å². The van der Waals surface area contributed by atoms with Gasteiger partial charge in [-0.05, 0) is 30.7 Å². The quantitative estimate of drug-likeness (QED) is 0.375. The Balaban J connectivity index is 1.70. The topological polar surface area (TPSA) is 110 Å². The fraction of sp³-hybridized carbons (Fsp3) is 0.412. The lowest BCUT2D eigenvalue weighted by atomic mass is 9.75. The summed E-state index contributed by atoms with van der Waals surface area (Å²) in [6, 6.07) is 5.44. The van der Waals surface area contributed by atoms with Crippen molar-refractivity contribution in [2.75, 3.05) is 0 Å². The van der Waals surface area contributed by atoms with Crippen molar-refractivity contribution in [2.24, 2.45) is 5.41 Å². The van der Waals surface area contributed by atoms with Crippen LogP contribution < -0.4 is 0 Å². The molecule has 3 atom stereocenters. The molecule has 8 nitrogen and oxygen atoms in total. The summed E-state index contributed by atoms with van der Waals surface area (Å²) >= 11 is 0. The number of esters is 1. The average molecular weight is 346 g/mol. The molecule has 1 unspecified atom stereocenters. The van der Waals surface area contributed by atoms with Gasteiger partial charge in [0.25, 0.3) is 5.69 Å². The van der Waals surface area contributed by atoms with Gasteiger partial charge in [-0.2, -0.15) is 0 Å². The number of hydrogen-bond donors (Lipinski definition) is 1. The van der Waals surface area contributed by atoms with Gasteiger partial charge in [0, 0.05) is 24.0 Å². The highest BCUT2D eigenvalue weighted by Crippen LogP contribution is 2.48. The number of β-lactam (4-membered cyclic amide) rings is 1. The van der Waals surface area contributed by atoms with Gasteiger partial charge in [0.15, 0.2) is 0 Å². The molecule has 0 aromatic heterocycles. The molecule has 2 aliphatic rings. The highest BCUT2D eigenvalue weighted by Gasteiger charge is 2.57. The van der Waals surface area contributed by atoms with Crippen molar-refractivity contribution in [1.29, 1.82) is 0 Å². The summed E-state index contributed by atoms with van der Waals surface area (Å²) in [5, 5.41) is 20.6. The molecule has 1 aromatic carbocycles. The predicted molar refractivity (Wildman–Crippen MR) is 86.0 cm³/mol. The summed E-state index contributed by atoms with van der Waals surface area (Å²) in [6.45, 7) is 3.37. The first kappa shape index (κ1) is 17.1. The van der Waals surface area contributed by atoms with E-state index in [1.54, 1.807) is 19.9 Å². The van der Waals surface area contributed by atoms with Crippen molar-refractivity contribution >= 4 is 17.6 Å². The number of aliphatic hydroxyl groups is 1. The second-order valence-electron chi connectivity index (χ2n) is 6.55. The number of ether oxygens (including phenoxy) is 1. The van der Waals surface area contributed by atoms with Crippen molar-refractivity contribution in [1.82, 2.24) is 4.90 Å². The number of hydrogen-bond acceptors (Lipinski definition) is 6. The molecule has 2 heterocycles. The Morgan fingerprint density at radius 1 is 1.48 bits per heavy atom. The van der Waals surface area contributed by atoms with Crippen LogP contribution in [0.3, 0.4) is 0 Å². The molecule has 0 spiro atoms. The molecule has 1 fully saturated rings. The zero-order valence-electron chi connectivity index (χ0n) is 13.8. The van der Waals surface area contributed by atoms with Crippen molar-refractivity contribution in [3.05, 3.63) is 51.7 Å². The molecule has 1 saturated heterocycles. The average Bonchev–Trinajstić information content (AvgIpc) is 2.81. The minimum absolute atomic E-state index is 0.0460. The maximum atomic E-state index is 12.4. The Hall–Kier alpha value is -2.74. The lowest BCUT2D eigenvalue weighted by Gasteiger charge is -2.44. The van der Waals surface area contributed by atoms with Crippen LogP contribution in [-0.4, -0.2) is 39.0 Å². The van der Waals surface area contributed by atoms with Gasteiger partial charge in [-0.1, -0.05) is 6.92 Å². The van der Waals surface area contributed by atoms with Crippen molar-refractivity contribution < 1.29 is 24.4 Å². The van der Waals surface area contributed by atoms with E-state index in [4.69, 9.17) is 4.74 Å². The monoisotopic (exact) mass is 346 g/mol. The maximum absolute atomic E-state index is 12.4. The Morgan fingerprint density at radius 2 is 2.12 bits per heavy atom. The van der Waals surface area contributed by atoms with Gasteiger partial charge in [-0.15, -0.1) is 0 Å². The van der Waals surface area contributed by atoms with E-state index in [1.165, 1.54) is 29.2 Å². The summed E-state index contributed by atoms with van der Waals surface area (Å²) in [4.78, 5) is 35.7. The molecule has 132 valence electrons. The molecule has 2 aliphatic heterocycles. The minimum atomic E-state index is -0.715. The molecule has 0 radical (unpaired) electrons. The molecular formula is C17H18N2O6. The van der Waals surface area contributed by atoms with Crippen LogP contribution in [0.15, 0.2) is 36.0 Å². The molecule has 0 aliphatic carbocycles. The Labute approximate surface area is 143 Å². The second-order valence-corrected chi connectivity index (χ2v) is 6.55. The fourth-order valence-electron chi connectivity index (χ4n) is 3.17. The molecule has 0 saturated carbocycles. The molecule has 1 amide bonds. The van der Waals surface area contributed by atoms with Gasteiger partial charge in [-0.3, -0.25) is 14.9 Å². The van der Waals surface area contributed by atoms with Gasteiger partial charge in [0.2, 0.25) is 5.91 Å². The third-order valence-electron chi connectivity index (χ3n) is 5.00. The first-order valence-electron chi connectivity index (χ1n) is 7.87. The summed E-state index contributed by atoms with van der Waals surface area (Å²) < 4.78 is 5.23. The van der Waals surface area contributed by atoms with E-state index in [0.29, 0.717) is 5.56 Å². The minimum Gasteiger partial charge on any atom is -0.456 e. The molecule has 1 aromatic rings. The van der Waals surface area contributed by atoms with E-state index in [1.807, 2.05) is 0 Å². The number of rotatable bonds is 5. The van der Waals surface area contributed by atoms with Gasteiger partial charge in [0.1, 0.15) is 12.3 Å². The fourth-order valence-corrected chi connectivity index (χ4v) is 3.17. The van der Waals surface area contributed by atoms with E-state index < -0.39 is 22.4 Å². The second kappa shape index (κ2) is 5.96. The van der Waals surface area contributed by atoms with Gasteiger partial charge >= 0.3 is 5.97 Å². The standard InChI is InChI=1S/C17H18N2O6/c1-10(20)17(2)8-13(18-14(17)7-15(18)21)16(22)25-9-11-3-5-12(6-4-11)19(23)24/h3-6,8,10,14,20H,7,9H2,1-2H3/t10-,14+,17?/m1/s1. The van der Waals surface area contributed by atoms with Crippen LogP contribution in [0.4, 0.5) is 5.69 Å². The number of non-ortho nitro benzene ring substituents is 1. The number of nitro benzene ring substituents is 1. The largest absolute Gasteiger partial charge is 0.456 e. The summed E-state index contributed by atoms with van der Waals surface area (Å²) in [5.74, 6) is -0.825. The van der Waals surface area contributed by atoms with E-state index >= 15 is 0 Å².